The summed E-state index contributed by atoms with van der Waals surface area (Å²) >= 11 is 1.83. The Morgan fingerprint density at radius 1 is 1.41 bits per heavy atom. The lowest BCUT2D eigenvalue weighted by molar-refractivity contribution is -0.125. The van der Waals surface area contributed by atoms with Gasteiger partial charge in [0.15, 0.2) is 0 Å². The van der Waals surface area contributed by atoms with Crippen LogP contribution in [-0.4, -0.2) is 48.5 Å². The Balaban J connectivity index is 2.43. The number of hydrogen-bond acceptors (Lipinski definition) is 3. The minimum absolute atomic E-state index is 0.225. The quantitative estimate of drug-likeness (QED) is 0.818. The van der Waals surface area contributed by atoms with Gasteiger partial charge in [-0.3, -0.25) is 4.79 Å². The van der Waals surface area contributed by atoms with Crippen molar-refractivity contribution in [1.82, 2.24) is 10.2 Å². The van der Waals surface area contributed by atoms with Gasteiger partial charge in [-0.05, 0) is 31.7 Å². The molecule has 3 nitrogen and oxygen atoms in total. The van der Waals surface area contributed by atoms with Gasteiger partial charge in [0.1, 0.15) is 0 Å². The third-order valence-corrected chi connectivity index (χ3v) is 4.80. The van der Waals surface area contributed by atoms with Crippen LogP contribution in [0.2, 0.25) is 0 Å². The van der Waals surface area contributed by atoms with Crippen molar-refractivity contribution in [2.45, 2.75) is 44.4 Å². The highest BCUT2D eigenvalue weighted by Crippen LogP contribution is 2.32. The number of nitrogens with zero attached hydrogens (tertiary/aromatic N) is 1. The first-order chi connectivity index (χ1) is 8.04. The molecule has 1 N–H and O–H groups in total. The van der Waals surface area contributed by atoms with Crippen molar-refractivity contribution >= 4 is 17.7 Å². The monoisotopic (exact) mass is 258 g/mol. The summed E-state index contributed by atoms with van der Waals surface area (Å²) in [6.45, 7) is 5.51. The summed E-state index contributed by atoms with van der Waals surface area (Å²) in [6, 6.07) is 0.594. The van der Waals surface area contributed by atoms with Crippen LogP contribution in [0.4, 0.5) is 0 Å². The summed E-state index contributed by atoms with van der Waals surface area (Å²) in [4.78, 5) is 13.3. The van der Waals surface area contributed by atoms with Crippen molar-refractivity contribution in [3.05, 3.63) is 0 Å². The minimum Gasteiger partial charge on any atom is -0.348 e. The van der Waals surface area contributed by atoms with Gasteiger partial charge in [-0.15, -0.1) is 11.8 Å². The molecule has 3 atom stereocenters. The first kappa shape index (κ1) is 14.8. The van der Waals surface area contributed by atoms with Gasteiger partial charge in [-0.1, -0.05) is 13.8 Å². The van der Waals surface area contributed by atoms with Crippen molar-refractivity contribution in [3.8, 4) is 0 Å². The molecule has 4 heteroatoms. The maximum Gasteiger partial charge on any atom is 0.232 e. The number of rotatable bonds is 5. The van der Waals surface area contributed by atoms with E-state index in [9.17, 15) is 4.79 Å². The smallest absolute Gasteiger partial charge is 0.232 e. The SMILES string of the molecule is CCNC1CCC(C)CC1SCC(=O)N(C)C. The van der Waals surface area contributed by atoms with Crippen molar-refractivity contribution in [1.29, 1.82) is 0 Å². The van der Waals surface area contributed by atoms with Gasteiger partial charge in [0, 0.05) is 25.4 Å². The lowest BCUT2D eigenvalue weighted by atomic mass is 9.87. The molecule has 1 rings (SSSR count). The summed E-state index contributed by atoms with van der Waals surface area (Å²) in [5, 5.41) is 4.16. The van der Waals surface area contributed by atoms with Crippen LogP contribution in [0.3, 0.4) is 0 Å². The zero-order valence-corrected chi connectivity index (χ0v) is 12.3. The summed E-state index contributed by atoms with van der Waals surface area (Å²) in [5.41, 5.74) is 0. The van der Waals surface area contributed by atoms with Gasteiger partial charge in [0.2, 0.25) is 5.91 Å². The second kappa shape index (κ2) is 7.27. The van der Waals surface area contributed by atoms with Gasteiger partial charge < -0.3 is 10.2 Å². The van der Waals surface area contributed by atoms with Crippen LogP contribution < -0.4 is 5.32 Å². The van der Waals surface area contributed by atoms with Crippen LogP contribution in [0.15, 0.2) is 0 Å². The Bertz CT molecular complexity index is 246. The van der Waals surface area contributed by atoms with E-state index in [1.54, 1.807) is 4.90 Å². The van der Waals surface area contributed by atoms with Gasteiger partial charge >= 0.3 is 0 Å². The Morgan fingerprint density at radius 2 is 2.12 bits per heavy atom. The second-order valence-electron chi connectivity index (χ2n) is 5.22. The maximum absolute atomic E-state index is 11.6. The molecule has 0 aromatic heterocycles. The number of carbonyl (C=O) groups excluding carboxylic acids is 1. The molecule has 0 aromatic carbocycles. The van der Waals surface area contributed by atoms with Gasteiger partial charge in [-0.25, -0.2) is 0 Å². The second-order valence-corrected chi connectivity index (χ2v) is 6.45. The van der Waals surface area contributed by atoms with E-state index in [2.05, 4.69) is 19.2 Å². The lowest BCUT2D eigenvalue weighted by Gasteiger charge is -2.35. The molecule has 3 unspecified atom stereocenters. The number of thioether (sulfide) groups is 1. The number of hydrogen-bond donors (Lipinski definition) is 1. The number of carbonyl (C=O) groups is 1. The molecular formula is C13H26N2OS. The molecular weight excluding hydrogens is 232 g/mol. The normalized spacial score (nSPS) is 29.1. The van der Waals surface area contributed by atoms with E-state index in [0.717, 1.165) is 12.5 Å². The van der Waals surface area contributed by atoms with E-state index in [1.165, 1.54) is 19.3 Å². The standard InChI is InChI=1S/C13H26N2OS/c1-5-14-11-7-6-10(2)8-12(11)17-9-13(16)15(3)4/h10-12,14H,5-9H2,1-4H3. The summed E-state index contributed by atoms with van der Waals surface area (Å²) in [5.74, 6) is 1.65. The fraction of sp³-hybridized carbons (Fsp3) is 0.923. The van der Waals surface area contributed by atoms with Crippen LogP contribution >= 0.6 is 11.8 Å². The molecule has 0 spiro atoms. The molecule has 0 bridgehead atoms. The van der Waals surface area contributed by atoms with E-state index in [4.69, 9.17) is 0 Å². The summed E-state index contributed by atoms with van der Waals surface area (Å²) < 4.78 is 0. The minimum atomic E-state index is 0.225. The zero-order chi connectivity index (χ0) is 12.8. The molecule has 100 valence electrons. The Kier molecular flexibility index (Phi) is 6.34. The Labute approximate surface area is 110 Å². The molecule has 0 saturated heterocycles. The summed E-state index contributed by atoms with van der Waals surface area (Å²) in [7, 11) is 3.66. The number of amides is 1. The Morgan fingerprint density at radius 3 is 2.71 bits per heavy atom. The third kappa shape index (κ3) is 4.88. The molecule has 1 aliphatic carbocycles. The van der Waals surface area contributed by atoms with Gasteiger partial charge in [0.25, 0.3) is 0 Å². The molecule has 0 heterocycles. The molecule has 0 aromatic rings. The largest absolute Gasteiger partial charge is 0.348 e. The predicted octanol–water partition coefficient (Wildman–Crippen LogP) is 1.97. The highest BCUT2D eigenvalue weighted by Gasteiger charge is 2.28. The molecule has 1 aliphatic rings. The fourth-order valence-electron chi connectivity index (χ4n) is 2.32. The zero-order valence-electron chi connectivity index (χ0n) is 11.5. The van der Waals surface area contributed by atoms with Crippen molar-refractivity contribution in [2.75, 3.05) is 26.4 Å². The highest BCUT2D eigenvalue weighted by molar-refractivity contribution is 8.00. The van der Waals surface area contributed by atoms with E-state index >= 15 is 0 Å². The highest BCUT2D eigenvalue weighted by atomic mass is 32.2. The molecule has 0 radical (unpaired) electrons. The van der Waals surface area contributed by atoms with Crippen molar-refractivity contribution in [3.63, 3.8) is 0 Å². The van der Waals surface area contributed by atoms with Crippen molar-refractivity contribution < 1.29 is 4.79 Å². The lowest BCUT2D eigenvalue weighted by Crippen LogP contribution is -2.42. The molecule has 0 aliphatic heterocycles. The van der Waals surface area contributed by atoms with Crippen LogP contribution in [0.25, 0.3) is 0 Å². The van der Waals surface area contributed by atoms with E-state index < -0.39 is 0 Å². The van der Waals surface area contributed by atoms with Crippen LogP contribution in [0.1, 0.15) is 33.1 Å². The van der Waals surface area contributed by atoms with E-state index in [0.29, 0.717) is 17.0 Å². The predicted molar refractivity (Wildman–Crippen MR) is 75.4 cm³/mol. The third-order valence-electron chi connectivity index (χ3n) is 3.44. The Hall–Kier alpha value is -0.220. The molecule has 1 saturated carbocycles. The molecule has 1 amide bonds. The maximum atomic E-state index is 11.6. The summed E-state index contributed by atoms with van der Waals surface area (Å²) in [6.07, 6.45) is 3.81. The van der Waals surface area contributed by atoms with Crippen molar-refractivity contribution in [2.24, 2.45) is 5.92 Å². The van der Waals surface area contributed by atoms with E-state index in [1.807, 2.05) is 25.9 Å². The van der Waals surface area contributed by atoms with Crippen LogP contribution in [0.5, 0.6) is 0 Å². The number of nitrogens with one attached hydrogen (secondary N) is 1. The average Bonchev–Trinajstić information content (AvgIpc) is 2.29. The first-order valence-corrected chi connectivity index (χ1v) is 7.64. The van der Waals surface area contributed by atoms with Gasteiger partial charge in [-0.2, -0.15) is 0 Å². The molecule has 17 heavy (non-hydrogen) atoms. The molecule has 1 fully saturated rings. The average molecular weight is 258 g/mol. The van der Waals surface area contributed by atoms with E-state index in [-0.39, 0.29) is 5.91 Å². The van der Waals surface area contributed by atoms with Gasteiger partial charge in [0.05, 0.1) is 5.75 Å². The topological polar surface area (TPSA) is 32.3 Å². The van der Waals surface area contributed by atoms with Crippen LogP contribution in [-0.2, 0) is 4.79 Å². The van der Waals surface area contributed by atoms with Crippen LogP contribution in [0, 0.1) is 5.92 Å². The fourth-order valence-corrected chi connectivity index (χ4v) is 3.86. The first-order valence-electron chi connectivity index (χ1n) is 6.59.